The molecule has 2 aromatic carbocycles. The lowest BCUT2D eigenvalue weighted by molar-refractivity contribution is 0.205. The third-order valence-corrected chi connectivity index (χ3v) is 6.24. The van der Waals surface area contributed by atoms with Gasteiger partial charge in [0, 0.05) is 10.2 Å². The number of urea groups is 1. The molecule has 2 aromatic rings. The molecule has 0 saturated carbocycles. The van der Waals surface area contributed by atoms with E-state index < -0.39 is 19.4 Å². The molecule has 0 aliphatic heterocycles. The second kappa shape index (κ2) is 9.88. The zero-order valence-corrected chi connectivity index (χ0v) is 17.1. The van der Waals surface area contributed by atoms with Crippen molar-refractivity contribution in [3.05, 3.63) is 64.6 Å². The van der Waals surface area contributed by atoms with Crippen molar-refractivity contribution in [2.24, 2.45) is 0 Å². The van der Waals surface area contributed by atoms with Crippen LogP contribution in [0.3, 0.4) is 0 Å². The van der Waals surface area contributed by atoms with E-state index >= 15 is 0 Å². The zero-order valence-electron chi connectivity index (χ0n) is 14.6. The Labute approximate surface area is 161 Å². The number of amides is 2. The Hall–Kier alpha value is -1.66. The summed E-state index contributed by atoms with van der Waals surface area (Å²) in [4.78, 5) is 12.5. The summed E-state index contributed by atoms with van der Waals surface area (Å²) in [5.74, 6) is -0.918. The van der Waals surface area contributed by atoms with E-state index in [0.29, 0.717) is 11.3 Å². The Balaban J connectivity index is 2.24. The van der Waals surface area contributed by atoms with Crippen LogP contribution in [-0.2, 0) is 13.6 Å². The molecule has 1 atom stereocenters. The van der Waals surface area contributed by atoms with Crippen LogP contribution in [-0.4, -0.2) is 19.2 Å². The molecule has 2 amide bonds. The minimum Gasteiger partial charge on any atom is -0.320 e. The number of rotatable bonds is 8. The van der Waals surface area contributed by atoms with Crippen LogP contribution in [0.5, 0.6) is 0 Å². The molecule has 0 fully saturated rings. The van der Waals surface area contributed by atoms with Crippen molar-refractivity contribution in [2.75, 3.05) is 18.5 Å². The van der Waals surface area contributed by atoms with Crippen LogP contribution in [0.25, 0.3) is 0 Å². The van der Waals surface area contributed by atoms with Gasteiger partial charge in [-0.2, -0.15) is 0 Å². The van der Waals surface area contributed by atoms with Gasteiger partial charge in [-0.25, -0.2) is 4.79 Å². The molecule has 2 rings (SSSR count). The second-order valence-corrected chi connectivity index (χ2v) is 8.32. The molecule has 0 heterocycles. The quantitative estimate of drug-likeness (QED) is 0.528. The largest absolute Gasteiger partial charge is 0.357 e. The third-order valence-electron chi connectivity index (χ3n) is 3.42. The van der Waals surface area contributed by atoms with Crippen molar-refractivity contribution in [3.8, 4) is 0 Å². The van der Waals surface area contributed by atoms with Gasteiger partial charge in [0.2, 0.25) is 0 Å². The predicted octanol–water partition coefficient (Wildman–Crippen LogP) is 5.54. The van der Waals surface area contributed by atoms with Gasteiger partial charge in [-0.3, -0.25) is 4.57 Å². The molecule has 0 aliphatic carbocycles. The zero-order chi connectivity index (χ0) is 19.0. The average Bonchev–Trinajstić information content (AvgIpc) is 2.63. The van der Waals surface area contributed by atoms with Gasteiger partial charge in [-0.15, -0.1) is 0 Å². The van der Waals surface area contributed by atoms with Crippen LogP contribution in [0.2, 0.25) is 0 Å². The molecule has 0 spiro atoms. The van der Waals surface area contributed by atoms with E-state index in [0.717, 1.165) is 4.47 Å². The minimum atomic E-state index is -3.60. The number of hydrogen-bond donors (Lipinski definition) is 2. The fourth-order valence-electron chi connectivity index (χ4n) is 2.35. The fourth-order valence-corrected chi connectivity index (χ4v) is 4.52. The summed E-state index contributed by atoms with van der Waals surface area (Å²) in [6.07, 6.45) is 0. The molecule has 0 bridgehead atoms. The molecule has 8 heteroatoms. The predicted molar refractivity (Wildman–Crippen MR) is 106 cm³/mol. The average molecular weight is 441 g/mol. The number of carbonyl (C=O) groups excluding carboxylic acids is 1. The molecule has 26 heavy (non-hydrogen) atoms. The van der Waals surface area contributed by atoms with E-state index in [1.54, 1.807) is 50.2 Å². The van der Waals surface area contributed by atoms with Gasteiger partial charge < -0.3 is 19.7 Å². The van der Waals surface area contributed by atoms with E-state index in [1.165, 1.54) is 0 Å². The maximum absolute atomic E-state index is 13.3. The van der Waals surface area contributed by atoms with Crippen LogP contribution < -0.4 is 10.6 Å². The smallest absolute Gasteiger partial charge is 0.320 e. The maximum atomic E-state index is 13.3. The molecule has 0 aliphatic rings. The highest BCUT2D eigenvalue weighted by molar-refractivity contribution is 9.10. The summed E-state index contributed by atoms with van der Waals surface area (Å²) in [5, 5.41) is 5.45. The first-order valence-corrected chi connectivity index (χ1v) is 10.7. The lowest BCUT2D eigenvalue weighted by atomic mass is 10.2. The number of halogens is 1. The molecule has 0 saturated heterocycles. The lowest BCUT2D eigenvalue weighted by Gasteiger charge is -2.27. The molecular formula is C18H22BrN2O4P. The van der Waals surface area contributed by atoms with Crippen LogP contribution in [0.1, 0.15) is 25.2 Å². The molecule has 2 N–H and O–H groups in total. The fraction of sp³-hybridized carbons (Fsp3) is 0.278. The number of benzene rings is 2. The van der Waals surface area contributed by atoms with Gasteiger partial charge in [0.15, 0.2) is 5.78 Å². The molecule has 6 nitrogen and oxygen atoms in total. The molecule has 140 valence electrons. The van der Waals surface area contributed by atoms with Gasteiger partial charge >= 0.3 is 13.6 Å². The van der Waals surface area contributed by atoms with Crippen molar-refractivity contribution in [1.29, 1.82) is 0 Å². The van der Waals surface area contributed by atoms with Gasteiger partial charge in [-0.05, 0) is 43.7 Å². The highest BCUT2D eigenvalue weighted by atomic mass is 79.9. The number of nitrogens with one attached hydrogen (secondary N) is 2. The first-order chi connectivity index (χ1) is 12.5. The normalized spacial score (nSPS) is 12.4. The Bertz CT molecular complexity index is 746. The Morgan fingerprint density at radius 3 is 2.15 bits per heavy atom. The van der Waals surface area contributed by atoms with Crippen molar-refractivity contribution in [2.45, 2.75) is 19.6 Å². The Kier molecular flexibility index (Phi) is 7.85. The van der Waals surface area contributed by atoms with Gasteiger partial charge in [-0.1, -0.05) is 46.3 Å². The molecule has 1 unspecified atom stereocenters. The van der Waals surface area contributed by atoms with Crippen molar-refractivity contribution in [3.63, 3.8) is 0 Å². The summed E-state index contributed by atoms with van der Waals surface area (Å²) >= 11 is 3.34. The van der Waals surface area contributed by atoms with E-state index in [9.17, 15) is 9.36 Å². The van der Waals surface area contributed by atoms with Crippen molar-refractivity contribution < 1.29 is 18.4 Å². The standard InChI is InChI=1S/C18H22BrN2O4P/c1-3-24-26(23,25-4-2)17(14-8-6-5-7-9-14)21-18(22)20-16-12-10-15(19)11-13-16/h5-13,17H,3-4H2,1-2H3,(H2,20,21,22). The number of carbonyl (C=O) groups is 1. The van der Waals surface area contributed by atoms with Crippen LogP contribution in [0.15, 0.2) is 59.1 Å². The van der Waals surface area contributed by atoms with E-state index in [2.05, 4.69) is 26.6 Å². The van der Waals surface area contributed by atoms with Crippen molar-refractivity contribution >= 4 is 35.2 Å². The minimum absolute atomic E-state index is 0.205. The molecular weight excluding hydrogens is 419 g/mol. The highest BCUT2D eigenvalue weighted by Gasteiger charge is 2.38. The Morgan fingerprint density at radius 1 is 1.04 bits per heavy atom. The van der Waals surface area contributed by atoms with E-state index in [4.69, 9.17) is 9.05 Å². The topological polar surface area (TPSA) is 76.7 Å². The molecule has 0 aromatic heterocycles. The first-order valence-electron chi connectivity index (χ1n) is 8.25. The maximum Gasteiger partial charge on any atom is 0.357 e. The highest BCUT2D eigenvalue weighted by Crippen LogP contribution is 2.59. The SMILES string of the molecule is CCOP(=O)(OCC)C(NC(=O)Nc1ccc(Br)cc1)c1ccccc1. The van der Waals surface area contributed by atoms with Gasteiger partial charge in [0.1, 0.15) is 0 Å². The molecule has 0 radical (unpaired) electrons. The van der Waals surface area contributed by atoms with Crippen molar-refractivity contribution in [1.82, 2.24) is 5.32 Å². The van der Waals surface area contributed by atoms with Crippen LogP contribution in [0, 0.1) is 0 Å². The summed E-state index contributed by atoms with van der Waals surface area (Å²) in [6, 6.07) is 15.6. The summed E-state index contributed by atoms with van der Waals surface area (Å²) in [6.45, 7) is 3.87. The summed E-state index contributed by atoms with van der Waals surface area (Å²) < 4.78 is 25.0. The summed E-state index contributed by atoms with van der Waals surface area (Å²) in [5.41, 5.74) is 1.25. The van der Waals surface area contributed by atoms with Crippen LogP contribution >= 0.6 is 23.5 Å². The van der Waals surface area contributed by atoms with Gasteiger partial charge in [0.25, 0.3) is 0 Å². The Morgan fingerprint density at radius 2 is 1.62 bits per heavy atom. The number of anilines is 1. The monoisotopic (exact) mass is 440 g/mol. The second-order valence-electron chi connectivity index (χ2n) is 5.29. The van der Waals surface area contributed by atoms with Crippen LogP contribution in [0.4, 0.5) is 10.5 Å². The van der Waals surface area contributed by atoms with E-state index in [-0.39, 0.29) is 13.2 Å². The first kappa shape index (κ1) is 20.6. The summed E-state index contributed by atoms with van der Waals surface area (Å²) in [7, 11) is -3.60. The number of hydrogen-bond acceptors (Lipinski definition) is 4. The van der Waals surface area contributed by atoms with Gasteiger partial charge in [0.05, 0.1) is 13.2 Å². The lowest BCUT2D eigenvalue weighted by Crippen LogP contribution is -2.33. The third kappa shape index (κ3) is 5.68. The van der Waals surface area contributed by atoms with E-state index in [1.807, 2.05) is 18.2 Å².